The highest BCUT2D eigenvalue weighted by Gasteiger charge is 2.21. The zero-order chi connectivity index (χ0) is 13.2. The van der Waals surface area contributed by atoms with Crippen LogP contribution >= 0.6 is 0 Å². The summed E-state index contributed by atoms with van der Waals surface area (Å²) in [6.45, 7) is 0. The zero-order valence-corrected chi connectivity index (χ0v) is 10.6. The number of carbonyl (C=O) groups excluding carboxylic acids is 1. The molecule has 1 aliphatic rings. The average Bonchev–Trinajstić information content (AvgIpc) is 2.58. The first-order valence-corrected chi connectivity index (χ1v) is 6.09. The lowest BCUT2D eigenvalue weighted by molar-refractivity contribution is -0.117. The Labute approximate surface area is 111 Å². The highest BCUT2D eigenvalue weighted by atomic mass is 16.2. The van der Waals surface area contributed by atoms with Gasteiger partial charge in [0.2, 0.25) is 5.91 Å². The number of aliphatic imine (C=N–C) groups is 1. The monoisotopic (exact) mass is 251 g/mol. The van der Waals surface area contributed by atoms with E-state index in [1.807, 2.05) is 36.4 Å². The van der Waals surface area contributed by atoms with Crippen molar-refractivity contribution in [3.8, 4) is 0 Å². The Balaban J connectivity index is 2.14. The van der Waals surface area contributed by atoms with Gasteiger partial charge in [-0.3, -0.25) is 14.8 Å². The Morgan fingerprint density at radius 2 is 2.00 bits per heavy atom. The van der Waals surface area contributed by atoms with Gasteiger partial charge in [0, 0.05) is 25.0 Å². The molecule has 4 heteroatoms. The third-order valence-corrected chi connectivity index (χ3v) is 3.19. The van der Waals surface area contributed by atoms with Crippen LogP contribution < -0.4 is 4.90 Å². The summed E-state index contributed by atoms with van der Waals surface area (Å²) in [4.78, 5) is 22.5. The fourth-order valence-electron chi connectivity index (χ4n) is 2.12. The van der Waals surface area contributed by atoms with E-state index < -0.39 is 0 Å². The molecular formula is C15H13N3O. The molecule has 0 radical (unpaired) electrons. The third-order valence-electron chi connectivity index (χ3n) is 3.19. The lowest BCUT2D eigenvalue weighted by atomic mass is 10.1. The normalized spacial score (nSPS) is 14.7. The molecule has 4 nitrogen and oxygen atoms in total. The molecule has 0 atom stereocenters. The molecule has 0 saturated heterocycles. The summed E-state index contributed by atoms with van der Waals surface area (Å²) in [6, 6.07) is 11.4. The predicted octanol–water partition coefficient (Wildman–Crippen LogP) is 2.57. The minimum absolute atomic E-state index is 0.0348. The molecule has 3 rings (SSSR count). The van der Waals surface area contributed by atoms with Crippen LogP contribution in [-0.4, -0.2) is 23.7 Å². The second-order valence-electron chi connectivity index (χ2n) is 4.42. The van der Waals surface area contributed by atoms with Gasteiger partial charge < -0.3 is 4.90 Å². The van der Waals surface area contributed by atoms with Gasteiger partial charge in [0.1, 0.15) is 0 Å². The van der Waals surface area contributed by atoms with E-state index >= 15 is 0 Å². The maximum absolute atomic E-state index is 12.2. The smallest absolute Gasteiger partial charge is 0.232 e. The first kappa shape index (κ1) is 11.6. The maximum Gasteiger partial charge on any atom is 0.232 e. The SMILES string of the molecule is CN1C(=O)CC(c2cccnc2)=Nc2ccccc21. The van der Waals surface area contributed by atoms with E-state index in [1.54, 1.807) is 24.3 Å². The standard InChI is InChI=1S/C15H13N3O/c1-18-14-7-3-2-6-12(14)17-13(9-15(18)19)11-5-4-8-16-10-11/h2-8,10H,9H2,1H3. The quantitative estimate of drug-likeness (QED) is 0.782. The fourth-order valence-corrected chi connectivity index (χ4v) is 2.12. The van der Waals surface area contributed by atoms with Crippen LogP contribution in [-0.2, 0) is 4.79 Å². The van der Waals surface area contributed by atoms with Crippen molar-refractivity contribution >= 4 is 23.0 Å². The summed E-state index contributed by atoms with van der Waals surface area (Å²) in [5.74, 6) is 0.0348. The molecule has 0 N–H and O–H groups in total. The van der Waals surface area contributed by atoms with Crippen LogP contribution in [0.15, 0.2) is 53.8 Å². The van der Waals surface area contributed by atoms with Crippen molar-refractivity contribution in [1.29, 1.82) is 0 Å². The largest absolute Gasteiger partial charge is 0.313 e. The van der Waals surface area contributed by atoms with Crippen molar-refractivity contribution < 1.29 is 4.79 Å². The molecule has 0 fully saturated rings. The highest BCUT2D eigenvalue weighted by Crippen LogP contribution is 2.31. The van der Waals surface area contributed by atoms with Crippen molar-refractivity contribution in [3.05, 3.63) is 54.4 Å². The van der Waals surface area contributed by atoms with Crippen LogP contribution in [0.1, 0.15) is 12.0 Å². The van der Waals surface area contributed by atoms with Crippen molar-refractivity contribution in [3.63, 3.8) is 0 Å². The van der Waals surface area contributed by atoms with Crippen molar-refractivity contribution in [2.24, 2.45) is 4.99 Å². The van der Waals surface area contributed by atoms with Gasteiger partial charge in [-0.25, -0.2) is 0 Å². The fraction of sp³-hybridized carbons (Fsp3) is 0.133. The van der Waals surface area contributed by atoms with E-state index in [4.69, 9.17) is 0 Å². The summed E-state index contributed by atoms with van der Waals surface area (Å²) in [6.07, 6.45) is 3.74. The Hall–Kier alpha value is -2.49. The van der Waals surface area contributed by atoms with Gasteiger partial charge in [0.25, 0.3) is 0 Å². The van der Waals surface area contributed by atoms with E-state index in [-0.39, 0.29) is 12.3 Å². The Morgan fingerprint density at radius 1 is 1.16 bits per heavy atom. The van der Waals surface area contributed by atoms with Gasteiger partial charge in [-0.2, -0.15) is 0 Å². The Bertz CT molecular complexity index is 649. The average molecular weight is 251 g/mol. The number of pyridine rings is 1. The van der Waals surface area contributed by atoms with Crippen molar-refractivity contribution in [1.82, 2.24) is 4.98 Å². The van der Waals surface area contributed by atoms with Crippen molar-refractivity contribution in [2.45, 2.75) is 6.42 Å². The lowest BCUT2D eigenvalue weighted by Gasteiger charge is -2.15. The number of amides is 1. The minimum atomic E-state index is 0.0348. The van der Waals surface area contributed by atoms with Crippen LogP contribution in [0.2, 0.25) is 0 Å². The molecule has 0 saturated carbocycles. The molecule has 2 aromatic rings. The van der Waals surface area contributed by atoms with E-state index in [2.05, 4.69) is 9.98 Å². The second-order valence-corrected chi connectivity index (χ2v) is 4.42. The third kappa shape index (κ3) is 2.12. The number of carbonyl (C=O) groups is 1. The molecular weight excluding hydrogens is 238 g/mol. The number of benzene rings is 1. The van der Waals surface area contributed by atoms with Gasteiger partial charge in [-0.15, -0.1) is 0 Å². The topological polar surface area (TPSA) is 45.6 Å². The minimum Gasteiger partial charge on any atom is -0.313 e. The van der Waals surface area contributed by atoms with Crippen LogP contribution in [0.3, 0.4) is 0 Å². The summed E-state index contributed by atoms with van der Waals surface area (Å²) >= 11 is 0. The molecule has 0 aliphatic carbocycles. The predicted molar refractivity (Wildman–Crippen MR) is 74.9 cm³/mol. The number of rotatable bonds is 1. The van der Waals surface area contributed by atoms with E-state index in [0.717, 1.165) is 22.6 Å². The number of hydrogen-bond donors (Lipinski definition) is 0. The number of aromatic nitrogens is 1. The summed E-state index contributed by atoms with van der Waals surface area (Å²) < 4.78 is 0. The highest BCUT2D eigenvalue weighted by molar-refractivity contribution is 6.17. The molecule has 1 amide bonds. The first-order chi connectivity index (χ1) is 9.25. The summed E-state index contributed by atoms with van der Waals surface area (Å²) in [5.41, 5.74) is 3.30. The molecule has 2 heterocycles. The number of fused-ring (bicyclic) bond motifs is 1. The van der Waals surface area contributed by atoms with Crippen LogP contribution in [0.5, 0.6) is 0 Å². The van der Waals surface area contributed by atoms with Gasteiger partial charge in [0.15, 0.2) is 0 Å². The molecule has 1 aliphatic heterocycles. The number of para-hydroxylation sites is 2. The van der Waals surface area contributed by atoms with Gasteiger partial charge in [-0.05, 0) is 18.2 Å². The molecule has 1 aromatic carbocycles. The van der Waals surface area contributed by atoms with Crippen LogP contribution in [0.4, 0.5) is 11.4 Å². The summed E-state index contributed by atoms with van der Waals surface area (Å²) in [7, 11) is 1.78. The molecule has 0 spiro atoms. The molecule has 1 aromatic heterocycles. The van der Waals surface area contributed by atoms with E-state index in [0.29, 0.717) is 0 Å². The number of anilines is 1. The lowest BCUT2D eigenvalue weighted by Crippen LogP contribution is -2.27. The van der Waals surface area contributed by atoms with Gasteiger partial charge >= 0.3 is 0 Å². The molecule has 94 valence electrons. The zero-order valence-electron chi connectivity index (χ0n) is 10.6. The van der Waals surface area contributed by atoms with Crippen molar-refractivity contribution in [2.75, 3.05) is 11.9 Å². The van der Waals surface area contributed by atoms with E-state index in [1.165, 1.54) is 0 Å². The molecule has 0 unspecified atom stereocenters. The first-order valence-electron chi connectivity index (χ1n) is 6.09. The second kappa shape index (κ2) is 4.65. The van der Waals surface area contributed by atoms with Crippen LogP contribution in [0.25, 0.3) is 0 Å². The molecule has 19 heavy (non-hydrogen) atoms. The summed E-state index contributed by atoms with van der Waals surface area (Å²) in [5, 5.41) is 0. The number of hydrogen-bond acceptors (Lipinski definition) is 3. The Morgan fingerprint density at radius 3 is 2.79 bits per heavy atom. The maximum atomic E-state index is 12.2. The number of nitrogens with zero attached hydrogens (tertiary/aromatic N) is 3. The van der Waals surface area contributed by atoms with E-state index in [9.17, 15) is 4.79 Å². The van der Waals surface area contributed by atoms with Crippen LogP contribution in [0, 0.1) is 0 Å². The molecule has 0 bridgehead atoms. The van der Waals surface area contributed by atoms with Gasteiger partial charge in [0.05, 0.1) is 23.5 Å². The van der Waals surface area contributed by atoms with Gasteiger partial charge in [-0.1, -0.05) is 18.2 Å². The Kier molecular flexibility index (Phi) is 2.83.